The number of aromatic nitrogens is 3. The molecule has 7 heteroatoms. The number of carbonyl (C=O) groups is 1. The van der Waals surface area contributed by atoms with Crippen LogP contribution < -0.4 is 10.1 Å². The Morgan fingerprint density at radius 1 is 1.14 bits per heavy atom. The van der Waals surface area contributed by atoms with Crippen molar-refractivity contribution in [2.45, 2.75) is 49.9 Å². The molecule has 0 radical (unpaired) electrons. The van der Waals surface area contributed by atoms with E-state index in [1.165, 1.54) is 36.4 Å². The van der Waals surface area contributed by atoms with E-state index < -0.39 is 0 Å². The van der Waals surface area contributed by atoms with Crippen molar-refractivity contribution in [1.29, 1.82) is 0 Å². The summed E-state index contributed by atoms with van der Waals surface area (Å²) in [4.78, 5) is 12.2. The van der Waals surface area contributed by atoms with Gasteiger partial charge in [0, 0.05) is 13.1 Å². The number of fused-ring (bicyclic) bond motifs is 1. The van der Waals surface area contributed by atoms with Gasteiger partial charge in [0.15, 0.2) is 11.0 Å². The van der Waals surface area contributed by atoms with Gasteiger partial charge in [0.1, 0.15) is 12.4 Å². The van der Waals surface area contributed by atoms with Crippen molar-refractivity contribution in [3.63, 3.8) is 0 Å². The average Bonchev–Trinajstić information content (AvgIpc) is 3.11. The number of amides is 1. The molecule has 1 amide bonds. The van der Waals surface area contributed by atoms with Crippen molar-refractivity contribution in [2.75, 3.05) is 5.75 Å². The number of ether oxygens (including phenoxy) is 1. The van der Waals surface area contributed by atoms with E-state index in [0.717, 1.165) is 35.0 Å². The van der Waals surface area contributed by atoms with Crippen molar-refractivity contribution in [2.24, 2.45) is 7.05 Å². The van der Waals surface area contributed by atoms with Gasteiger partial charge in [0.2, 0.25) is 5.91 Å². The standard InChI is InChI=1S/C22H26N4O2S/c1-26-20(14-28-19-12-11-16-7-5-6-8-17(16)13-19)24-25-22(26)29-15-21(27)23-18-9-3-2-4-10-18/h5-8,11-13,18H,2-4,9-10,14-15H2,1H3,(H,23,27). The molecule has 0 saturated heterocycles. The van der Waals surface area contributed by atoms with Gasteiger partial charge in [-0.25, -0.2) is 0 Å². The summed E-state index contributed by atoms with van der Waals surface area (Å²) in [5.74, 6) is 1.95. The van der Waals surface area contributed by atoms with Gasteiger partial charge in [-0.1, -0.05) is 61.4 Å². The van der Waals surface area contributed by atoms with Crippen LogP contribution in [0, 0.1) is 0 Å². The van der Waals surface area contributed by atoms with E-state index >= 15 is 0 Å². The van der Waals surface area contributed by atoms with Crippen molar-refractivity contribution in [1.82, 2.24) is 20.1 Å². The van der Waals surface area contributed by atoms with Crippen LogP contribution in [0.1, 0.15) is 37.9 Å². The molecule has 0 atom stereocenters. The fourth-order valence-corrected chi connectivity index (χ4v) is 4.39. The molecule has 29 heavy (non-hydrogen) atoms. The molecule has 1 heterocycles. The summed E-state index contributed by atoms with van der Waals surface area (Å²) in [5, 5.41) is 14.6. The number of thioether (sulfide) groups is 1. The number of nitrogens with one attached hydrogen (secondary N) is 1. The van der Waals surface area contributed by atoms with E-state index in [1.54, 1.807) is 0 Å². The topological polar surface area (TPSA) is 69.0 Å². The lowest BCUT2D eigenvalue weighted by Gasteiger charge is -2.22. The lowest BCUT2D eigenvalue weighted by Crippen LogP contribution is -2.37. The van der Waals surface area contributed by atoms with E-state index in [9.17, 15) is 4.79 Å². The summed E-state index contributed by atoms with van der Waals surface area (Å²) in [7, 11) is 1.90. The van der Waals surface area contributed by atoms with E-state index in [1.807, 2.05) is 41.9 Å². The largest absolute Gasteiger partial charge is 0.486 e. The third-order valence-corrected chi connectivity index (χ3v) is 6.34. The third-order valence-electron chi connectivity index (χ3n) is 5.32. The summed E-state index contributed by atoms with van der Waals surface area (Å²) < 4.78 is 7.80. The highest BCUT2D eigenvalue weighted by Gasteiger charge is 2.17. The Bertz CT molecular complexity index is 982. The normalized spacial score (nSPS) is 14.8. The van der Waals surface area contributed by atoms with Gasteiger partial charge in [-0.2, -0.15) is 0 Å². The second-order valence-electron chi connectivity index (χ2n) is 7.45. The van der Waals surface area contributed by atoms with E-state index in [2.05, 4.69) is 27.6 Å². The van der Waals surface area contributed by atoms with Crippen LogP contribution in [-0.2, 0) is 18.4 Å². The van der Waals surface area contributed by atoms with Crippen LogP contribution in [0.5, 0.6) is 5.75 Å². The number of carbonyl (C=O) groups excluding carboxylic acids is 1. The van der Waals surface area contributed by atoms with Gasteiger partial charge in [0.05, 0.1) is 5.75 Å². The maximum atomic E-state index is 12.2. The number of benzene rings is 2. The zero-order chi connectivity index (χ0) is 20.1. The van der Waals surface area contributed by atoms with Gasteiger partial charge in [-0.15, -0.1) is 10.2 Å². The zero-order valence-corrected chi connectivity index (χ0v) is 17.5. The summed E-state index contributed by atoms with van der Waals surface area (Å²) in [6.45, 7) is 0.330. The van der Waals surface area contributed by atoms with Crippen molar-refractivity contribution >= 4 is 28.4 Å². The summed E-state index contributed by atoms with van der Waals surface area (Å²) in [6.07, 6.45) is 5.89. The first-order valence-corrected chi connectivity index (χ1v) is 11.1. The predicted molar refractivity (Wildman–Crippen MR) is 115 cm³/mol. The summed E-state index contributed by atoms with van der Waals surface area (Å²) in [6, 6.07) is 14.6. The van der Waals surface area contributed by atoms with Gasteiger partial charge < -0.3 is 14.6 Å². The highest BCUT2D eigenvalue weighted by atomic mass is 32.2. The Hall–Kier alpha value is -2.54. The number of rotatable bonds is 7. The molecule has 2 aromatic carbocycles. The van der Waals surface area contributed by atoms with Gasteiger partial charge in [-0.05, 0) is 35.7 Å². The molecule has 1 aliphatic rings. The predicted octanol–water partition coefficient (Wildman–Crippen LogP) is 4.09. The van der Waals surface area contributed by atoms with Crippen LogP contribution in [0.25, 0.3) is 10.8 Å². The van der Waals surface area contributed by atoms with Crippen LogP contribution in [0.2, 0.25) is 0 Å². The summed E-state index contributed by atoms with van der Waals surface area (Å²) in [5.41, 5.74) is 0. The third kappa shape index (κ3) is 5.09. The highest BCUT2D eigenvalue weighted by Crippen LogP contribution is 2.22. The Kier molecular flexibility index (Phi) is 6.34. The lowest BCUT2D eigenvalue weighted by molar-refractivity contribution is -0.119. The Morgan fingerprint density at radius 3 is 2.76 bits per heavy atom. The molecule has 0 spiro atoms. The van der Waals surface area contributed by atoms with E-state index in [-0.39, 0.29) is 5.91 Å². The molecule has 152 valence electrons. The number of hydrogen-bond acceptors (Lipinski definition) is 5. The van der Waals surface area contributed by atoms with Crippen molar-refractivity contribution < 1.29 is 9.53 Å². The van der Waals surface area contributed by atoms with Crippen LogP contribution in [0.15, 0.2) is 47.6 Å². The molecule has 4 rings (SSSR count). The van der Waals surface area contributed by atoms with Gasteiger partial charge in [0.25, 0.3) is 0 Å². The first kappa shape index (κ1) is 19.8. The second-order valence-corrected chi connectivity index (χ2v) is 8.39. The van der Waals surface area contributed by atoms with Crippen molar-refractivity contribution in [3.8, 4) is 5.75 Å². The highest BCUT2D eigenvalue weighted by molar-refractivity contribution is 7.99. The van der Waals surface area contributed by atoms with Crippen LogP contribution in [0.3, 0.4) is 0 Å². The smallest absolute Gasteiger partial charge is 0.230 e. The Balaban J connectivity index is 1.30. The molecule has 1 fully saturated rings. The van der Waals surface area contributed by atoms with E-state index in [0.29, 0.717) is 18.4 Å². The molecule has 6 nitrogen and oxygen atoms in total. The van der Waals surface area contributed by atoms with Crippen LogP contribution in [-0.4, -0.2) is 32.5 Å². The molecule has 1 aromatic heterocycles. The molecule has 0 unspecified atom stereocenters. The Labute approximate surface area is 175 Å². The molecule has 1 aliphatic carbocycles. The molecule has 0 bridgehead atoms. The number of nitrogens with zero attached hydrogens (tertiary/aromatic N) is 3. The SMILES string of the molecule is Cn1c(COc2ccc3ccccc3c2)nnc1SCC(=O)NC1CCCCC1. The lowest BCUT2D eigenvalue weighted by atomic mass is 9.95. The average molecular weight is 411 g/mol. The quantitative estimate of drug-likeness (QED) is 0.594. The first-order chi connectivity index (χ1) is 14.2. The van der Waals surface area contributed by atoms with Crippen molar-refractivity contribution in [3.05, 3.63) is 48.3 Å². The minimum absolute atomic E-state index is 0.0684. The first-order valence-electron chi connectivity index (χ1n) is 10.1. The molecular formula is C22H26N4O2S. The summed E-state index contributed by atoms with van der Waals surface area (Å²) >= 11 is 1.41. The second kappa shape index (κ2) is 9.31. The molecule has 1 N–H and O–H groups in total. The van der Waals surface area contributed by atoms with Crippen LogP contribution >= 0.6 is 11.8 Å². The van der Waals surface area contributed by atoms with Crippen LogP contribution in [0.4, 0.5) is 0 Å². The monoisotopic (exact) mass is 410 g/mol. The molecule has 1 saturated carbocycles. The fourth-order valence-electron chi connectivity index (χ4n) is 3.65. The van der Waals surface area contributed by atoms with Gasteiger partial charge >= 0.3 is 0 Å². The maximum Gasteiger partial charge on any atom is 0.230 e. The molecule has 3 aromatic rings. The van der Waals surface area contributed by atoms with E-state index in [4.69, 9.17) is 4.74 Å². The minimum Gasteiger partial charge on any atom is -0.486 e. The fraction of sp³-hybridized carbons (Fsp3) is 0.409. The zero-order valence-electron chi connectivity index (χ0n) is 16.6. The molecule has 0 aliphatic heterocycles. The molecular weight excluding hydrogens is 384 g/mol. The number of hydrogen-bond donors (Lipinski definition) is 1. The minimum atomic E-state index is 0.0684. The Morgan fingerprint density at radius 2 is 1.93 bits per heavy atom. The maximum absolute atomic E-state index is 12.2. The van der Waals surface area contributed by atoms with Gasteiger partial charge in [-0.3, -0.25) is 4.79 Å².